The Bertz CT molecular complexity index is 1050. The molecule has 6 nitrogen and oxygen atoms in total. The van der Waals surface area contributed by atoms with Crippen molar-refractivity contribution in [3.63, 3.8) is 0 Å². The maximum Gasteiger partial charge on any atom is 0.471 e. The van der Waals surface area contributed by atoms with E-state index in [4.69, 9.17) is 9.47 Å². The molecule has 0 unspecified atom stereocenters. The first kappa shape index (κ1) is 29.7. The number of carbonyl (C=O) groups excluding carboxylic acids is 2. The number of rotatable bonds is 10. The molecule has 0 heterocycles. The summed E-state index contributed by atoms with van der Waals surface area (Å²) in [6, 6.07) is 15.1. The first-order chi connectivity index (χ1) is 17.2. The maximum atomic E-state index is 13.6. The van der Waals surface area contributed by atoms with Gasteiger partial charge in [0.1, 0.15) is 11.4 Å². The SMILES string of the molecule is C=C[C@](C)(CCCN(Cc1ccccc1)C(=O)OC(C)(C)C)N(C(=O)C(F)(F)F)c1ccc(OC)cc1. The minimum absolute atomic E-state index is 0.0545. The summed E-state index contributed by atoms with van der Waals surface area (Å²) in [5, 5.41) is 0. The summed E-state index contributed by atoms with van der Waals surface area (Å²) < 4.78 is 51.5. The fraction of sp³-hybridized carbons (Fsp3) is 0.429. The van der Waals surface area contributed by atoms with Crippen LogP contribution in [0.25, 0.3) is 0 Å². The van der Waals surface area contributed by atoms with Crippen LogP contribution in [0.5, 0.6) is 5.75 Å². The van der Waals surface area contributed by atoms with Gasteiger partial charge in [0, 0.05) is 18.8 Å². The maximum absolute atomic E-state index is 13.6. The van der Waals surface area contributed by atoms with Gasteiger partial charge in [-0.05, 0) is 70.4 Å². The van der Waals surface area contributed by atoms with Crippen LogP contribution in [0.2, 0.25) is 0 Å². The van der Waals surface area contributed by atoms with Crippen molar-refractivity contribution in [1.82, 2.24) is 4.90 Å². The third-order valence-electron chi connectivity index (χ3n) is 5.71. The van der Waals surface area contributed by atoms with Gasteiger partial charge >= 0.3 is 18.2 Å². The van der Waals surface area contributed by atoms with Gasteiger partial charge in [-0.2, -0.15) is 13.2 Å². The molecule has 0 spiro atoms. The van der Waals surface area contributed by atoms with E-state index < -0.39 is 29.3 Å². The fourth-order valence-electron chi connectivity index (χ4n) is 3.80. The summed E-state index contributed by atoms with van der Waals surface area (Å²) in [4.78, 5) is 27.7. The third-order valence-corrected chi connectivity index (χ3v) is 5.71. The predicted octanol–water partition coefficient (Wildman–Crippen LogP) is 6.75. The molecule has 0 bridgehead atoms. The lowest BCUT2D eigenvalue weighted by atomic mass is 9.92. The minimum atomic E-state index is -5.10. The molecule has 2 aromatic carbocycles. The number of halogens is 3. The predicted molar refractivity (Wildman–Crippen MR) is 137 cm³/mol. The molecule has 202 valence electrons. The molecular formula is C28H35F3N2O4. The van der Waals surface area contributed by atoms with E-state index in [9.17, 15) is 22.8 Å². The second-order valence-electron chi connectivity index (χ2n) is 9.89. The van der Waals surface area contributed by atoms with Crippen molar-refractivity contribution >= 4 is 17.7 Å². The Morgan fingerprint density at radius 2 is 1.57 bits per heavy atom. The molecule has 2 amide bonds. The molecule has 0 N–H and O–H groups in total. The Morgan fingerprint density at radius 1 is 0.973 bits per heavy atom. The highest BCUT2D eigenvalue weighted by atomic mass is 19.4. The zero-order chi connectivity index (χ0) is 27.9. The van der Waals surface area contributed by atoms with Crippen LogP contribution >= 0.6 is 0 Å². The Morgan fingerprint density at radius 3 is 2.05 bits per heavy atom. The number of anilines is 1. The zero-order valence-corrected chi connectivity index (χ0v) is 22.0. The minimum Gasteiger partial charge on any atom is -0.497 e. The van der Waals surface area contributed by atoms with Crippen LogP contribution in [0.1, 0.15) is 46.1 Å². The van der Waals surface area contributed by atoms with Crippen molar-refractivity contribution < 1.29 is 32.2 Å². The van der Waals surface area contributed by atoms with E-state index >= 15 is 0 Å². The number of ether oxygens (including phenoxy) is 2. The van der Waals surface area contributed by atoms with E-state index in [1.165, 1.54) is 49.3 Å². The smallest absolute Gasteiger partial charge is 0.471 e. The molecule has 0 fully saturated rings. The molecular weight excluding hydrogens is 485 g/mol. The van der Waals surface area contributed by atoms with Crippen molar-refractivity contribution in [3.8, 4) is 5.75 Å². The number of nitrogens with zero attached hydrogens (tertiary/aromatic N) is 2. The third kappa shape index (κ3) is 8.55. The number of amides is 2. The topological polar surface area (TPSA) is 59.1 Å². The summed E-state index contributed by atoms with van der Waals surface area (Å²) in [7, 11) is 1.44. The Kier molecular flexibility index (Phi) is 9.78. The molecule has 2 rings (SSSR count). The second-order valence-corrected chi connectivity index (χ2v) is 9.89. The first-order valence-electron chi connectivity index (χ1n) is 11.9. The lowest BCUT2D eigenvalue weighted by Crippen LogP contribution is -2.54. The van der Waals surface area contributed by atoms with Crippen molar-refractivity contribution in [3.05, 3.63) is 72.8 Å². The monoisotopic (exact) mass is 520 g/mol. The van der Waals surface area contributed by atoms with Gasteiger partial charge in [0.25, 0.3) is 0 Å². The quantitative estimate of drug-likeness (QED) is 0.325. The summed E-state index contributed by atoms with van der Waals surface area (Å²) >= 11 is 0. The number of hydrogen-bond donors (Lipinski definition) is 0. The van der Waals surface area contributed by atoms with E-state index in [-0.39, 0.29) is 31.6 Å². The van der Waals surface area contributed by atoms with Gasteiger partial charge in [-0.15, -0.1) is 6.58 Å². The van der Waals surface area contributed by atoms with Crippen LogP contribution in [-0.2, 0) is 16.1 Å². The Hall–Kier alpha value is -3.49. The summed E-state index contributed by atoms with van der Waals surface area (Å²) in [5.41, 5.74) is -1.18. The number of hydrogen-bond acceptors (Lipinski definition) is 4. The summed E-state index contributed by atoms with van der Waals surface area (Å²) in [6.45, 7) is 11.0. The lowest BCUT2D eigenvalue weighted by molar-refractivity contribution is -0.171. The van der Waals surface area contributed by atoms with Gasteiger partial charge in [-0.25, -0.2) is 4.79 Å². The van der Waals surface area contributed by atoms with Crippen LogP contribution < -0.4 is 9.64 Å². The van der Waals surface area contributed by atoms with Gasteiger partial charge < -0.3 is 14.4 Å². The van der Waals surface area contributed by atoms with Crippen LogP contribution in [0.3, 0.4) is 0 Å². The van der Waals surface area contributed by atoms with Crippen LogP contribution in [-0.4, -0.2) is 47.9 Å². The highest BCUT2D eigenvalue weighted by molar-refractivity contribution is 5.99. The van der Waals surface area contributed by atoms with E-state index in [2.05, 4.69) is 6.58 Å². The molecule has 0 aliphatic heterocycles. The number of methoxy groups -OCH3 is 1. The highest BCUT2D eigenvalue weighted by Crippen LogP contribution is 2.35. The standard InChI is InChI=1S/C28H35F3N2O4/c1-7-27(5,33(24(34)28(29,30)31)22-14-16-23(36-6)17-15-22)18-11-19-32(25(35)37-26(2,3)4)20-21-12-9-8-10-13-21/h7-10,12-17H,1,11,18-20H2,2-6H3/t27-/m1/s1. The van der Waals surface area contributed by atoms with E-state index in [1.807, 2.05) is 30.3 Å². The summed E-state index contributed by atoms with van der Waals surface area (Å²) in [5.74, 6) is -1.56. The molecule has 37 heavy (non-hydrogen) atoms. The molecule has 0 aliphatic rings. The summed E-state index contributed by atoms with van der Waals surface area (Å²) in [6.07, 6.45) is -3.91. The van der Waals surface area contributed by atoms with E-state index in [0.29, 0.717) is 10.6 Å². The zero-order valence-electron chi connectivity index (χ0n) is 22.0. The van der Waals surface area contributed by atoms with Gasteiger partial charge in [-0.1, -0.05) is 36.4 Å². The fourth-order valence-corrected chi connectivity index (χ4v) is 3.80. The Balaban J connectivity index is 2.30. The normalized spacial score (nSPS) is 13.3. The average molecular weight is 521 g/mol. The van der Waals surface area contributed by atoms with Gasteiger partial charge in [0.2, 0.25) is 0 Å². The average Bonchev–Trinajstić information content (AvgIpc) is 2.83. The Labute approximate surface area is 216 Å². The van der Waals surface area contributed by atoms with Crippen molar-refractivity contribution in [2.24, 2.45) is 0 Å². The number of carbonyl (C=O) groups is 2. The van der Waals surface area contributed by atoms with Gasteiger partial charge in [0.05, 0.1) is 12.6 Å². The number of benzene rings is 2. The first-order valence-corrected chi connectivity index (χ1v) is 11.9. The van der Waals surface area contributed by atoms with Crippen molar-refractivity contribution in [1.29, 1.82) is 0 Å². The molecule has 9 heteroatoms. The van der Waals surface area contributed by atoms with Crippen LogP contribution in [0, 0.1) is 0 Å². The molecule has 1 atom stereocenters. The molecule has 0 saturated carbocycles. The van der Waals surface area contributed by atoms with E-state index in [0.717, 1.165) is 5.56 Å². The largest absolute Gasteiger partial charge is 0.497 e. The van der Waals surface area contributed by atoms with Crippen LogP contribution in [0.15, 0.2) is 67.3 Å². The lowest BCUT2D eigenvalue weighted by Gasteiger charge is -2.40. The van der Waals surface area contributed by atoms with E-state index in [1.54, 1.807) is 20.8 Å². The molecule has 0 radical (unpaired) electrons. The second kappa shape index (κ2) is 12.2. The molecule has 0 aromatic heterocycles. The van der Waals surface area contributed by atoms with Gasteiger partial charge in [-0.3, -0.25) is 9.69 Å². The van der Waals surface area contributed by atoms with Gasteiger partial charge in [0.15, 0.2) is 0 Å². The molecule has 2 aromatic rings. The molecule has 0 aliphatic carbocycles. The van der Waals surface area contributed by atoms with Crippen molar-refractivity contribution in [2.75, 3.05) is 18.6 Å². The van der Waals surface area contributed by atoms with Crippen LogP contribution in [0.4, 0.5) is 23.7 Å². The molecule has 0 saturated heterocycles. The number of alkyl halides is 3. The van der Waals surface area contributed by atoms with Crippen molar-refractivity contribution in [2.45, 2.75) is 64.4 Å². The highest BCUT2D eigenvalue weighted by Gasteiger charge is 2.48.